The van der Waals surface area contributed by atoms with E-state index >= 15 is 0 Å². The molecule has 2 heterocycles. The lowest BCUT2D eigenvalue weighted by Gasteiger charge is -2.14. The van der Waals surface area contributed by atoms with Crippen molar-refractivity contribution in [3.8, 4) is 0 Å². The first-order chi connectivity index (χ1) is 10.2. The van der Waals surface area contributed by atoms with E-state index in [0.29, 0.717) is 25.2 Å². The van der Waals surface area contributed by atoms with Crippen molar-refractivity contribution in [2.24, 2.45) is 0 Å². The molecule has 0 aliphatic rings. The minimum atomic E-state index is -0.0262. The molecule has 0 bridgehead atoms. The van der Waals surface area contributed by atoms with Gasteiger partial charge in [0.1, 0.15) is 0 Å². The Hall–Kier alpha value is -2.21. The summed E-state index contributed by atoms with van der Waals surface area (Å²) in [5.41, 5.74) is 1.67. The molecule has 112 valence electrons. The van der Waals surface area contributed by atoms with Crippen LogP contribution in [0.3, 0.4) is 0 Å². The van der Waals surface area contributed by atoms with Gasteiger partial charge in [0.05, 0.1) is 24.1 Å². The molecule has 6 nitrogen and oxygen atoms in total. The zero-order valence-corrected chi connectivity index (χ0v) is 12.4. The molecule has 0 saturated carbocycles. The minimum Gasteiger partial charge on any atom is -0.360 e. The maximum atomic E-state index is 11.8. The molecule has 0 spiro atoms. The Bertz CT molecular complexity index is 568. The highest BCUT2D eigenvalue weighted by molar-refractivity contribution is 5.90. The fourth-order valence-electron chi connectivity index (χ4n) is 1.89. The third-order valence-corrected chi connectivity index (χ3v) is 3.06. The average molecular weight is 288 g/mol. The van der Waals surface area contributed by atoms with Crippen molar-refractivity contribution in [2.45, 2.75) is 26.3 Å². The van der Waals surface area contributed by atoms with E-state index in [9.17, 15) is 4.79 Å². The maximum absolute atomic E-state index is 11.8. The highest BCUT2D eigenvalue weighted by Gasteiger charge is 2.09. The Kier molecular flexibility index (Phi) is 5.45. The van der Waals surface area contributed by atoms with Gasteiger partial charge < -0.3 is 9.84 Å². The van der Waals surface area contributed by atoms with Crippen molar-refractivity contribution in [3.63, 3.8) is 0 Å². The lowest BCUT2D eigenvalue weighted by Crippen LogP contribution is -2.23. The number of aryl methyl sites for hydroxylation is 1. The summed E-state index contributed by atoms with van der Waals surface area (Å²) in [6.45, 7) is 3.33. The number of carbonyl (C=O) groups excluding carboxylic acids is 1. The zero-order chi connectivity index (χ0) is 15.1. The normalized spacial score (nSPS) is 10.8. The fourth-order valence-corrected chi connectivity index (χ4v) is 1.89. The predicted octanol–water partition coefficient (Wildman–Crippen LogP) is 2.09. The summed E-state index contributed by atoms with van der Waals surface area (Å²) in [5, 5.41) is 6.76. The summed E-state index contributed by atoms with van der Waals surface area (Å²) < 4.78 is 5.23. The number of amides is 1. The first-order valence-corrected chi connectivity index (χ1v) is 7.00. The molecule has 2 aromatic rings. The molecular formula is C15H20N4O2. The molecule has 1 N–H and O–H groups in total. The van der Waals surface area contributed by atoms with Gasteiger partial charge in [-0.25, -0.2) is 0 Å². The van der Waals surface area contributed by atoms with Gasteiger partial charge in [0.25, 0.3) is 0 Å². The SMILES string of the molecule is CCc1cc(CN(C)CCC(=O)Nc2cccnc2)on1. The molecule has 6 heteroatoms. The van der Waals surface area contributed by atoms with Gasteiger partial charge in [0.15, 0.2) is 5.76 Å². The highest BCUT2D eigenvalue weighted by Crippen LogP contribution is 2.08. The fraction of sp³-hybridized carbons (Fsp3) is 0.400. The van der Waals surface area contributed by atoms with Crippen LogP contribution in [-0.4, -0.2) is 34.5 Å². The van der Waals surface area contributed by atoms with E-state index in [1.165, 1.54) is 0 Å². The van der Waals surface area contributed by atoms with Crippen LogP contribution >= 0.6 is 0 Å². The van der Waals surface area contributed by atoms with Crippen molar-refractivity contribution >= 4 is 11.6 Å². The van der Waals surface area contributed by atoms with Crippen molar-refractivity contribution < 1.29 is 9.32 Å². The smallest absolute Gasteiger partial charge is 0.225 e. The van der Waals surface area contributed by atoms with E-state index in [4.69, 9.17) is 4.52 Å². The molecule has 0 radical (unpaired) electrons. The number of pyridine rings is 1. The van der Waals surface area contributed by atoms with E-state index in [-0.39, 0.29) is 5.91 Å². The van der Waals surface area contributed by atoms with Crippen LogP contribution in [0.25, 0.3) is 0 Å². The molecule has 2 rings (SSSR count). The monoisotopic (exact) mass is 288 g/mol. The molecule has 2 aromatic heterocycles. The van der Waals surface area contributed by atoms with Crippen LogP contribution < -0.4 is 5.32 Å². The van der Waals surface area contributed by atoms with Gasteiger partial charge in [0.2, 0.25) is 5.91 Å². The van der Waals surface area contributed by atoms with Crippen LogP contribution in [-0.2, 0) is 17.8 Å². The Balaban J connectivity index is 1.73. The number of anilines is 1. The Labute approximate surface area is 124 Å². The third kappa shape index (κ3) is 5.00. The largest absolute Gasteiger partial charge is 0.360 e. The topological polar surface area (TPSA) is 71.3 Å². The second-order valence-corrected chi connectivity index (χ2v) is 4.92. The quantitative estimate of drug-likeness (QED) is 0.844. The summed E-state index contributed by atoms with van der Waals surface area (Å²) in [5.74, 6) is 0.795. The number of rotatable bonds is 7. The molecular weight excluding hydrogens is 268 g/mol. The molecule has 1 amide bonds. The summed E-state index contributed by atoms with van der Waals surface area (Å²) in [6.07, 6.45) is 4.58. The van der Waals surface area contributed by atoms with Gasteiger partial charge in [-0.2, -0.15) is 0 Å². The number of nitrogens with one attached hydrogen (secondary N) is 1. The molecule has 0 unspecified atom stereocenters. The van der Waals surface area contributed by atoms with Crippen LogP contribution in [0.2, 0.25) is 0 Å². The van der Waals surface area contributed by atoms with Crippen molar-refractivity contribution in [1.29, 1.82) is 0 Å². The summed E-state index contributed by atoms with van der Waals surface area (Å²) >= 11 is 0. The predicted molar refractivity (Wildman–Crippen MR) is 79.7 cm³/mol. The zero-order valence-electron chi connectivity index (χ0n) is 12.4. The number of aromatic nitrogens is 2. The minimum absolute atomic E-state index is 0.0262. The molecule has 0 atom stereocenters. The summed E-state index contributed by atoms with van der Waals surface area (Å²) in [7, 11) is 1.95. The molecule has 0 saturated heterocycles. The lowest BCUT2D eigenvalue weighted by molar-refractivity contribution is -0.116. The number of carbonyl (C=O) groups is 1. The van der Waals surface area contributed by atoms with Crippen molar-refractivity contribution in [3.05, 3.63) is 42.0 Å². The van der Waals surface area contributed by atoms with Gasteiger partial charge in [-0.05, 0) is 25.6 Å². The molecule has 0 aliphatic carbocycles. The molecule has 0 aromatic carbocycles. The number of hydrogen-bond acceptors (Lipinski definition) is 5. The van der Waals surface area contributed by atoms with E-state index in [1.54, 1.807) is 18.5 Å². The highest BCUT2D eigenvalue weighted by atomic mass is 16.5. The average Bonchev–Trinajstić information content (AvgIpc) is 2.94. The van der Waals surface area contributed by atoms with Crippen molar-refractivity contribution in [1.82, 2.24) is 15.0 Å². The van der Waals surface area contributed by atoms with Crippen LogP contribution in [0.5, 0.6) is 0 Å². The van der Waals surface area contributed by atoms with Gasteiger partial charge in [0, 0.05) is 25.2 Å². The van der Waals surface area contributed by atoms with Gasteiger partial charge >= 0.3 is 0 Å². The Morgan fingerprint density at radius 1 is 1.48 bits per heavy atom. The van der Waals surface area contributed by atoms with Crippen LogP contribution in [0, 0.1) is 0 Å². The van der Waals surface area contributed by atoms with E-state index in [1.807, 2.05) is 31.0 Å². The molecule has 0 aliphatic heterocycles. The van der Waals surface area contributed by atoms with Gasteiger partial charge in [-0.1, -0.05) is 12.1 Å². The van der Waals surface area contributed by atoms with Crippen molar-refractivity contribution in [2.75, 3.05) is 18.9 Å². The summed E-state index contributed by atoms with van der Waals surface area (Å²) in [4.78, 5) is 17.8. The Morgan fingerprint density at radius 3 is 3.00 bits per heavy atom. The first kappa shape index (κ1) is 15.2. The third-order valence-electron chi connectivity index (χ3n) is 3.06. The number of hydrogen-bond donors (Lipinski definition) is 1. The van der Waals surface area contributed by atoms with Crippen LogP contribution in [0.15, 0.2) is 35.1 Å². The number of nitrogens with zero attached hydrogens (tertiary/aromatic N) is 3. The van der Waals surface area contributed by atoms with Gasteiger partial charge in [-0.3, -0.25) is 14.7 Å². The van der Waals surface area contributed by atoms with E-state index in [2.05, 4.69) is 15.5 Å². The Morgan fingerprint density at radius 2 is 2.33 bits per heavy atom. The van der Waals surface area contributed by atoms with E-state index in [0.717, 1.165) is 17.9 Å². The second kappa shape index (κ2) is 7.54. The summed E-state index contributed by atoms with van der Waals surface area (Å²) in [6, 6.07) is 5.55. The second-order valence-electron chi connectivity index (χ2n) is 4.92. The first-order valence-electron chi connectivity index (χ1n) is 7.00. The molecule has 21 heavy (non-hydrogen) atoms. The standard InChI is InChI=1S/C15H20N4O2/c1-3-12-9-14(21-18-12)11-19(2)8-6-15(20)17-13-5-4-7-16-10-13/h4-5,7,9-10H,3,6,8,11H2,1-2H3,(H,17,20). The molecule has 0 fully saturated rings. The van der Waals surface area contributed by atoms with Crippen LogP contribution in [0.1, 0.15) is 24.8 Å². The lowest BCUT2D eigenvalue weighted by atomic mass is 10.3. The maximum Gasteiger partial charge on any atom is 0.225 e. The van der Waals surface area contributed by atoms with E-state index < -0.39 is 0 Å². The van der Waals surface area contributed by atoms with Crippen LogP contribution in [0.4, 0.5) is 5.69 Å². The van der Waals surface area contributed by atoms with Gasteiger partial charge in [-0.15, -0.1) is 0 Å².